The van der Waals surface area contributed by atoms with Crippen LogP contribution < -0.4 is 25.4 Å². The summed E-state index contributed by atoms with van der Waals surface area (Å²) in [7, 11) is 8.15. The Balaban J connectivity index is 1.32. The lowest BCUT2D eigenvalue weighted by molar-refractivity contribution is -0.870. The van der Waals surface area contributed by atoms with Crippen LogP contribution in [0.15, 0.2) is 48.5 Å². The number of hydrogen-bond acceptors (Lipinski definition) is 12. The molecule has 49 heavy (non-hydrogen) atoms. The number of halogens is 1. The van der Waals surface area contributed by atoms with Crippen molar-refractivity contribution < 1.29 is 23.5 Å². The van der Waals surface area contributed by atoms with Gasteiger partial charge in [0.25, 0.3) is 0 Å². The molecule has 2 aromatic carbocycles. The van der Waals surface area contributed by atoms with Crippen molar-refractivity contribution in [2.45, 2.75) is 26.2 Å². The van der Waals surface area contributed by atoms with Crippen LogP contribution in [0.3, 0.4) is 0 Å². The molecule has 5 aromatic rings. The summed E-state index contributed by atoms with van der Waals surface area (Å²) in [5, 5.41) is 28.6. The second-order valence-corrected chi connectivity index (χ2v) is 14.4. The van der Waals surface area contributed by atoms with E-state index in [0.29, 0.717) is 58.3 Å². The van der Waals surface area contributed by atoms with Crippen LogP contribution in [-0.2, 0) is 6.42 Å². The van der Waals surface area contributed by atoms with Crippen LogP contribution in [0, 0.1) is 24.6 Å². The fourth-order valence-electron chi connectivity index (χ4n) is 4.89. The monoisotopic (exact) mass is 702 g/mol. The Labute approximate surface area is 293 Å². The normalized spacial score (nSPS) is 11.3. The largest absolute Gasteiger partial charge is 0.543 e. The number of aromatic carboxylic acids is 1. The third-order valence-corrected chi connectivity index (χ3v) is 9.41. The predicted molar refractivity (Wildman–Crippen MR) is 192 cm³/mol. The Hall–Kier alpha value is -4.68. The van der Waals surface area contributed by atoms with Crippen molar-refractivity contribution in [3.8, 4) is 17.6 Å². The van der Waals surface area contributed by atoms with Crippen LogP contribution in [0.2, 0.25) is 0 Å². The van der Waals surface area contributed by atoms with Gasteiger partial charge in [0.15, 0.2) is 33.5 Å². The van der Waals surface area contributed by atoms with Crippen molar-refractivity contribution in [3.05, 3.63) is 76.0 Å². The number of carboxylic acid groups (broad SMARTS) is 1. The SMILES string of the molecule is CNCC#Cc1ccc(OCCCc2sc(N(CCC[N+](C)(C)C)c3cc(C)c(Nc4nc5ccccc5s4)nn3)nc2C(=O)[O-])c(F)c1. The van der Waals surface area contributed by atoms with Crippen LogP contribution in [0.5, 0.6) is 5.75 Å². The van der Waals surface area contributed by atoms with Crippen LogP contribution >= 0.6 is 22.7 Å². The second-order valence-electron chi connectivity index (χ2n) is 12.4. The minimum absolute atomic E-state index is 0.114. The molecular formula is C35H39FN8O3S2. The quantitative estimate of drug-likeness (QED) is 0.0883. The number of aryl methyl sites for hydroxylation is 2. The Kier molecular flexibility index (Phi) is 11.7. The number of carboxylic acids is 1. The lowest BCUT2D eigenvalue weighted by Crippen LogP contribution is -2.37. The van der Waals surface area contributed by atoms with Gasteiger partial charge < -0.3 is 34.7 Å². The molecule has 5 rings (SSSR count). The summed E-state index contributed by atoms with van der Waals surface area (Å²) in [6.07, 6.45) is 1.60. The van der Waals surface area contributed by atoms with Gasteiger partial charge in [-0.05, 0) is 68.8 Å². The maximum atomic E-state index is 14.6. The zero-order chi connectivity index (χ0) is 35.0. The van der Waals surface area contributed by atoms with Gasteiger partial charge in [-0.25, -0.2) is 14.4 Å². The molecule has 0 aliphatic heterocycles. The number of carbonyl (C=O) groups is 1. The summed E-state index contributed by atoms with van der Waals surface area (Å²) in [6, 6.07) is 14.4. The molecule has 14 heteroatoms. The molecule has 0 amide bonds. The highest BCUT2D eigenvalue weighted by Gasteiger charge is 2.22. The van der Waals surface area contributed by atoms with Crippen LogP contribution in [0.25, 0.3) is 10.2 Å². The average Bonchev–Trinajstić information content (AvgIpc) is 3.67. The Bertz CT molecular complexity index is 1950. The van der Waals surface area contributed by atoms with Crippen LogP contribution in [-0.4, -0.2) is 85.0 Å². The van der Waals surface area contributed by atoms with Gasteiger partial charge in [0, 0.05) is 23.4 Å². The highest BCUT2D eigenvalue weighted by atomic mass is 32.1. The number of benzene rings is 2. The van der Waals surface area contributed by atoms with Gasteiger partial charge in [0.05, 0.1) is 57.0 Å². The molecule has 0 atom stereocenters. The number of quaternary nitrogens is 1. The van der Waals surface area contributed by atoms with Gasteiger partial charge in [-0.2, -0.15) is 0 Å². The number of anilines is 4. The number of thiazole rings is 2. The number of rotatable bonds is 15. The average molecular weight is 703 g/mol. The molecule has 0 fully saturated rings. The number of para-hydroxylation sites is 1. The van der Waals surface area contributed by atoms with E-state index in [2.05, 4.69) is 63.8 Å². The molecule has 0 saturated carbocycles. The lowest BCUT2D eigenvalue weighted by Gasteiger charge is -2.26. The number of nitrogens with zero attached hydrogens (tertiary/aromatic N) is 6. The Morgan fingerprint density at radius 2 is 1.90 bits per heavy atom. The van der Waals surface area contributed by atoms with Gasteiger partial charge in [0.1, 0.15) is 5.69 Å². The van der Waals surface area contributed by atoms with E-state index >= 15 is 0 Å². The summed E-state index contributed by atoms with van der Waals surface area (Å²) in [6.45, 7) is 4.05. The maximum Gasteiger partial charge on any atom is 0.191 e. The molecule has 0 unspecified atom stereocenters. The molecule has 3 aromatic heterocycles. The van der Waals surface area contributed by atoms with E-state index in [9.17, 15) is 14.3 Å². The van der Waals surface area contributed by atoms with Crippen molar-refractivity contribution in [1.82, 2.24) is 25.5 Å². The molecule has 0 bridgehead atoms. The molecule has 0 aliphatic carbocycles. The predicted octanol–water partition coefficient (Wildman–Crippen LogP) is 4.91. The first-order valence-corrected chi connectivity index (χ1v) is 17.5. The van der Waals surface area contributed by atoms with E-state index in [0.717, 1.165) is 33.2 Å². The van der Waals surface area contributed by atoms with Gasteiger partial charge >= 0.3 is 0 Å². The van der Waals surface area contributed by atoms with Gasteiger partial charge in [-0.15, -0.1) is 21.5 Å². The molecule has 0 spiro atoms. The zero-order valence-electron chi connectivity index (χ0n) is 28.2. The topological polar surface area (TPSA) is 128 Å². The third kappa shape index (κ3) is 9.70. The van der Waals surface area contributed by atoms with Crippen molar-refractivity contribution in [1.29, 1.82) is 0 Å². The smallest absolute Gasteiger partial charge is 0.191 e. The number of nitrogens with one attached hydrogen (secondary N) is 2. The van der Waals surface area contributed by atoms with Crippen molar-refractivity contribution in [3.63, 3.8) is 0 Å². The number of hydrogen-bond donors (Lipinski definition) is 2. The molecule has 256 valence electrons. The zero-order valence-corrected chi connectivity index (χ0v) is 29.8. The van der Waals surface area contributed by atoms with Gasteiger partial charge in [-0.3, -0.25) is 0 Å². The van der Waals surface area contributed by atoms with E-state index < -0.39 is 11.8 Å². The summed E-state index contributed by atoms with van der Waals surface area (Å²) < 4.78 is 22.1. The highest BCUT2D eigenvalue weighted by molar-refractivity contribution is 7.22. The Morgan fingerprint density at radius 3 is 2.61 bits per heavy atom. The minimum Gasteiger partial charge on any atom is -0.543 e. The molecular weight excluding hydrogens is 664 g/mol. The number of fused-ring (bicyclic) bond motifs is 1. The first-order valence-electron chi connectivity index (χ1n) is 15.8. The Morgan fingerprint density at radius 1 is 1.08 bits per heavy atom. The summed E-state index contributed by atoms with van der Waals surface area (Å²) in [5.41, 5.74) is 2.19. The standard InChI is InChI=1S/C35H39FN8O3S2/c1-23-21-30(41-42-32(23)40-34-38-26-12-6-7-13-28(26)48-34)43(18-10-19-44(3,4)5)35-39-31(33(45)46)29(49-35)14-9-20-47-27-16-15-24(22-25(27)36)11-8-17-37-2/h6-7,12-13,15-16,21-22,37H,9-10,14,17-20H2,1-5H3,(H-,38,40,42,45,46). The molecule has 0 aliphatic rings. The maximum absolute atomic E-state index is 14.6. The second kappa shape index (κ2) is 16.1. The number of aromatic nitrogens is 4. The highest BCUT2D eigenvalue weighted by Crippen LogP contribution is 2.34. The molecule has 0 radical (unpaired) electrons. The first-order chi connectivity index (χ1) is 23.5. The number of carbonyl (C=O) groups excluding carboxylic acids is 1. The van der Waals surface area contributed by atoms with Crippen molar-refractivity contribution in [2.24, 2.45) is 0 Å². The van der Waals surface area contributed by atoms with E-state index in [1.54, 1.807) is 19.2 Å². The van der Waals surface area contributed by atoms with E-state index in [-0.39, 0.29) is 18.1 Å². The number of ether oxygens (including phenoxy) is 1. The summed E-state index contributed by atoms with van der Waals surface area (Å²) >= 11 is 2.81. The summed E-state index contributed by atoms with van der Waals surface area (Å²) in [5.74, 6) is 5.17. The molecule has 3 heterocycles. The summed E-state index contributed by atoms with van der Waals surface area (Å²) in [4.78, 5) is 23.8. The molecule has 0 saturated heterocycles. The third-order valence-electron chi connectivity index (χ3n) is 7.32. The van der Waals surface area contributed by atoms with Gasteiger partial charge in [0.2, 0.25) is 0 Å². The van der Waals surface area contributed by atoms with Gasteiger partial charge in [-0.1, -0.05) is 35.3 Å². The van der Waals surface area contributed by atoms with E-state index in [4.69, 9.17) is 4.74 Å². The molecule has 2 N–H and O–H groups in total. The van der Waals surface area contributed by atoms with Crippen LogP contribution in [0.4, 0.5) is 26.3 Å². The molecule has 11 nitrogen and oxygen atoms in total. The van der Waals surface area contributed by atoms with Crippen molar-refractivity contribution >= 4 is 60.8 Å². The van der Waals surface area contributed by atoms with E-state index in [1.807, 2.05) is 42.2 Å². The van der Waals surface area contributed by atoms with Crippen LogP contribution in [0.1, 0.15) is 39.3 Å². The van der Waals surface area contributed by atoms with E-state index in [1.165, 1.54) is 28.7 Å². The minimum atomic E-state index is -1.36. The van der Waals surface area contributed by atoms with Crippen molar-refractivity contribution in [2.75, 3.05) is 64.6 Å². The fourth-order valence-corrected chi connectivity index (χ4v) is 6.88. The fraction of sp³-hybridized carbons (Fsp3) is 0.343. The first kappa shape index (κ1) is 35.6. The lowest BCUT2D eigenvalue weighted by atomic mass is 10.2.